The number of hydroxylamine groups is 3. The average Bonchev–Trinajstić information content (AvgIpc) is 2.82. The van der Waals surface area contributed by atoms with Crippen molar-refractivity contribution in [3.8, 4) is 16.9 Å². The standard InChI is InChI=1S/C22H29N3O8S/c1-15(2)33-25(21(22(27)24-28)13-14-23-32-16(3)26)34(29,30)20-11-7-18(8-12-20)17-5-9-19(31-4)10-6-17/h5-12,15,21,23,28H,13-14H2,1-4H3,(H,24,27)/t21-/m1/s1. The molecule has 0 fully saturated rings. The zero-order valence-corrected chi connectivity index (χ0v) is 20.2. The summed E-state index contributed by atoms with van der Waals surface area (Å²) in [5, 5.41) is 9.18. The third-order valence-corrected chi connectivity index (χ3v) is 6.21. The first-order valence-corrected chi connectivity index (χ1v) is 11.8. The van der Waals surface area contributed by atoms with E-state index < -0.39 is 34.0 Å². The van der Waals surface area contributed by atoms with Gasteiger partial charge in [0.2, 0.25) is 0 Å². The number of methoxy groups -OCH3 is 1. The van der Waals surface area contributed by atoms with Crippen LogP contribution in [0.1, 0.15) is 27.2 Å². The van der Waals surface area contributed by atoms with Crippen LogP contribution in [-0.2, 0) is 29.3 Å². The Morgan fingerprint density at radius 3 is 2.06 bits per heavy atom. The molecule has 0 radical (unpaired) electrons. The summed E-state index contributed by atoms with van der Waals surface area (Å²) >= 11 is 0. The van der Waals surface area contributed by atoms with Crippen molar-refractivity contribution in [2.45, 2.75) is 44.2 Å². The molecular formula is C22H29N3O8S. The summed E-state index contributed by atoms with van der Waals surface area (Å²) in [5.41, 5.74) is 5.42. The number of rotatable bonds is 12. The van der Waals surface area contributed by atoms with Crippen LogP contribution in [0.25, 0.3) is 11.1 Å². The summed E-state index contributed by atoms with van der Waals surface area (Å²) < 4.78 is 32.5. The average molecular weight is 496 g/mol. The summed E-state index contributed by atoms with van der Waals surface area (Å²) in [5.74, 6) is -0.924. The molecule has 1 amide bonds. The molecule has 0 saturated carbocycles. The van der Waals surface area contributed by atoms with Crippen LogP contribution in [0, 0.1) is 0 Å². The fraction of sp³-hybridized carbons (Fsp3) is 0.364. The van der Waals surface area contributed by atoms with Gasteiger partial charge in [-0.05, 0) is 55.7 Å². The van der Waals surface area contributed by atoms with Crippen LogP contribution in [0.4, 0.5) is 0 Å². The zero-order valence-electron chi connectivity index (χ0n) is 19.3. The molecule has 34 heavy (non-hydrogen) atoms. The van der Waals surface area contributed by atoms with Gasteiger partial charge in [-0.1, -0.05) is 28.7 Å². The van der Waals surface area contributed by atoms with Gasteiger partial charge in [0.1, 0.15) is 11.8 Å². The van der Waals surface area contributed by atoms with Crippen molar-refractivity contribution >= 4 is 21.9 Å². The monoisotopic (exact) mass is 495 g/mol. The number of sulfonamides is 1. The Kier molecular flexibility index (Phi) is 9.96. The Balaban J connectivity index is 2.34. The number of carbonyl (C=O) groups excluding carboxylic acids is 2. The van der Waals surface area contributed by atoms with Crippen LogP contribution in [-0.4, -0.2) is 55.8 Å². The molecule has 2 aromatic rings. The molecule has 3 N–H and O–H groups in total. The normalized spacial score (nSPS) is 12.4. The Morgan fingerprint density at radius 1 is 1.03 bits per heavy atom. The zero-order chi connectivity index (χ0) is 25.3. The van der Waals surface area contributed by atoms with E-state index in [1.807, 2.05) is 12.1 Å². The lowest BCUT2D eigenvalue weighted by Crippen LogP contribution is -2.50. The van der Waals surface area contributed by atoms with Crippen molar-refractivity contribution in [2.24, 2.45) is 0 Å². The molecule has 0 bridgehead atoms. The topological polar surface area (TPSA) is 144 Å². The fourth-order valence-electron chi connectivity index (χ4n) is 2.97. The molecule has 0 aliphatic rings. The van der Waals surface area contributed by atoms with E-state index in [2.05, 4.69) is 10.3 Å². The maximum absolute atomic E-state index is 13.4. The minimum atomic E-state index is -4.33. The van der Waals surface area contributed by atoms with Crippen LogP contribution in [0.5, 0.6) is 5.75 Å². The quantitative estimate of drug-likeness (QED) is 0.229. The second kappa shape index (κ2) is 12.4. The lowest BCUT2D eigenvalue weighted by Gasteiger charge is -2.30. The van der Waals surface area contributed by atoms with Gasteiger partial charge in [-0.3, -0.25) is 19.6 Å². The Morgan fingerprint density at radius 2 is 1.59 bits per heavy atom. The molecule has 0 heterocycles. The van der Waals surface area contributed by atoms with Gasteiger partial charge < -0.3 is 9.57 Å². The molecule has 186 valence electrons. The highest BCUT2D eigenvalue weighted by atomic mass is 32.2. The van der Waals surface area contributed by atoms with Crippen LogP contribution in [0.3, 0.4) is 0 Å². The first-order valence-electron chi connectivity index (χ1n) is 10.4. The minimum absolute atomic E-state index is 0.0818. The van der Waals surface area contributed by atoms with Gasteiger partial charge in [-0.2, -0.15) is 5.48 Å². The second-order valence-corrected chi connectivity index (χ2v) is 9.22. The number of hydrogen-bond acceptors (Lipinski definition) is 9. The first-order chi connectivity index (χ1) is 16.1. The highest BCUT2D eigenvalue weighted by molar-refractivity contribution is 7.89. The van der Waals surface area contributed by atoms with E-state index in [9.17, 15) is 23.2 Å². The number of nitrogens with one attached hydrogen (secondary N) is 2. The van der Waals surface area contributed by atoms with Gasteiger partial charge in [0.15, 0.2) is 0 Å². The fourth-order valence-corrected chi connectivity index (χ4v) is 4.48. The minimum Gasteiger partial charge on any atom is -0.497 e. The van der Waals surface area contributed by atoms with Crippen LogP contribution >= 0.6 is 0 Å². The first kappa shape index (κ1) is 27.2. The molecule has 0 aliphatic carbocycles. The molecular weight excluding hydrogens is 466 g/mol. The molecule has 0 unspecified atom stereocenters. The van der Waals surface area contributed by atoms with E-state index in [0.717, 1.165) is 11.1 Å². The van der Waals surface area contributed by atoms with Gasteiger partial charge in [-0.15, -0.1) is 0 Å². The SMILES string of the molecule is COc1ccc(-c2ccc(S(=O)(=O)N(OC(C)C)[C@H](CCNOC(C)=O)C(=O)NO)cc2)cc1. The van der Waals surface area contributed by atoms with Gasteiger partial charge in [0.05, 0.1) is 18.1 Å². The molecule has 11 nitrogen and oxygen atoms in total. The van der Waals surface area contributed by atoms with Gasteiger partial charge >= 0.3 is 5.97 Å². The van der Waals surface area contributed by atoms with Crippen LogP contribution in [0.2, 0.25) is 0 Å². The van der Waals surface area contributed by atoms with Crippen molar-refractivity contribution in [1.82, 2.24) is 15.4 Å². The molecule has 2 rings (SSSR count). The number of benzene rings is 2. The van der Waals surface area contributed by atoms with Gasteiger partial charge in [-0.25, -0.2) is 13.9 Å². The highest BCUT2D eigenvalue weighted by Gasteiger charge is 2.38. The van der Waals surface area contributed by atoms with E-state index in [0.29, 0.717) is 10.2 Å². The number of amides is 1. The molecule has 0 aliphatic heterocycles. The number of nitrogens with zero attached hydrogens (tertiary/aromatic N) is 1. The second-order valence-electron chi connectivity index (χ2n) is 7.44. The Labute approximate surface area is 198 Å². The molecule has 0 spiro atoms. The molecule has 0 aromatic heterocycles. The van der Waals surface area contributed by atoms with E-state index >= 15 is 0 Å². The van der Waals surface area contributed by atoms with E-state index in [-0.39, 0.29) is 17.9 Å². The summed E-state index contributed by atoms with van der Waals surface area (Å²) in [6.45, 7) is 4.29. The van der Waals surface area contributed by atoms with Crippen LogP contribution in [0.15, 0.2) is 53.4 Å². The Bertz CT molecular complexity index is 1060. The van der Waals surface area contributed by atoms with Gasteiger partial charge in [0.25, 0.3) is 15.9 Å². The predicted molar refractivity (Wildman–Crippen MR) is 122 cm³/mol. The molecule has 2 aromatic carbocycles. The van der Waals surface area contributed by atoms with Crippen molar-refractivity contribution in [3.63, 3.8) is 0 Å². The van der Waals surface area contributed by atoms with E-state index in [4.69, 9.17) is 9.57 Å². The van der Waals surface area contributed by atoms with E-state index in [1.165, 1.54) is 24.5 Å². The summed E-state index contributed by atoms with van der Waals surface area (Å²) in [7, 11) is -2.76. The van der Waals surface area contributed by atoms with Crippen LogP contribution < -0.4 is 15.7 Å². The largest absolute Gasteiger partial charge is 0.497 e. The number of hydrogen-bond donors (Lipinski definition) is 3. The van der Waals surface area contributed by atoms with Crippen molar-refractivity contribution in [1.29, 1.82) is 0 Å². The smallest absolute Gasteiger partial charge is 0.321 e. The Hall–Kier alpha value is -3.03. The summed E-state index contributed by atoms with van der Waals surface area (Å²) in [6, 6.07) is 11.9. The van der Waals surface area contributed by atoms with Gasteiger partial charge in [0, 0.05) is 13.5 Å². The third-order valence-electron chi connectivity index (χ3n) is 4.53. The number of carbonyl (C=O) groups is 2. The molecule has 12 heteroatoms. The highest BCUT2D eigenvalue weighted by Crippen LogP contribution is 2.26. The third kappa shape index (κ3) is 7.23. The lowest BCUT2D eigenvalue weighted by molar-refractivity contribution is -0.167. The maximum atomic E-state index is 13.4. The van der Waals surface area contributed by atoms with Crippen molar-refractivity contribution in [3.05, 3.63) is 48.5 Å². The maximum Gasteiger partial charge on any atom is 0.321 e. The lowest BCUT2D eigenvalue weighted by atomic mass is 10.1. The van der Waals surface area contributed by atoms with Crippen molar-refractivity contribution in [2.75, 3.05) is 13.7 Å². The van der Waals surface area contributed by atoms with E-state index in [1.54, 1.807) is 45.2 Å². The molecule has 1 atom stereocenters. The summed E-state index contributed by atoms with van der Waals surface area (Å²) in [6.07, 6.45) is -0.779. The predicted octanol–water partition coefficient (Wildman–Crippen LogP) is 2.02. The molecule has 0 saturated heterocycles. The number of ether oxygens (including phenoxy) is 1. The summed E-state index contributed by atoms with van der Waals surface area (Å²) in [4.78, 5) is 33.2. The van der Waals surface area contributed by atoms with Crippen molar-refractivity contribution < 1.29 is 37.6 Å².